The van der Waals surface area contributed by atoms with Crippen LogP contribution in [0.15, 0.2) is 261 Å². The molecule has 7 heteroatoms. The summed E-state index contributed by atoms with van der Waals surface area (Å²) in [5.74, 6) is 8.61. The van der Waals surface area contributed by atoms with Gasteiger partial charge in [-0.05, 0) is 337 Å². The molecule has 0 amide bonds. The molecule has 12 rings (SSSR count). The lowest BCUT2D eigenvalue weighted by atomic mass is 9.88. The average Bonchev–Trinajstić information content (AvgIpc) is 0.776. The molecule has 126 heavy (non-hydrogen) atoms. The van der Waals surface area contributed by atoms with Gasteiger partial charge in [0.05, 0.1) is 45.3 Å². The summed E-state index contributed by atoms with van der Waals surface area (Å²) in [6.45, 7) is 31.7. The third kappa shape index (κ3) is 27.7. The number of hydrogen-bond acceptors (Lipinski definition) is 7. The molecule has 1 aromatic heterocycles. The van der Waals surface area contributed by atoms with E-state index < -0.39 is 0 Å². The summed E-state index contributed by atoms with van der Waals surface area (Å²) in [6.07, 6.45) is 30.3. The second-order valence-electron chi connectivity index (χ2n) is 35.7. The first-order chi connectivity index (χ1) is 61.8. The maximum Gasteiger partial charge on any atom is 0.119 e. The summed E-state index contributed by atoms with van der Waals surface area (Å²) in [5, 5.41) is 0. The molecule has 0 radical (unpaired) electrons. The molecule has 12 aromatic rings. The Morgan fingerprint density at radius 1 is 0.183 bits per heavy atom. The van der Waals surface area contributed by atoms with Crippen molar-refractivity contribution in [3.05, 3.63) is 261 Å². The first-order valence-corrected chi connectivity index (χ1v) is 48.9. The van der Waals surface area contributed by atoms with Crippen LogP contribution in [0, 0.1) is 35.5 Å². The summed E-state index contributed by atoms with van der Waals surface area (Å²) in [7, 11) is 0. The van der Waals surface area contributed by atoms with Gasteiger partial charge in [-0.1, -0.05) is 296 Å². The van der Waals surface area contributed by atoms with E-state index in [2.05, 4.69) is 344 Å². The number of unbranched alkanes of at least 4 members (excludes halogenated alkanes) is 6. The van der Waals surface area contributed by atoms with Gasteiger partial charge in [0.15, 0.2) is 0 Å². The highest BCUT2D eigenvalue weighted by Crippen LogP contribution is 2.43. The first-order valence-electron chi connectivity index (χ1n) is 48.9. The molecule has 0 saturated carbocycles. The molecule has 6 atom stereocenters. The van der Waals surface area contributed by atoms with Crippen molar-refractivity contribution in [2.75, 3.05) is 39.6 Å². The third-order valence-corrected chi connectivity index (χ3v) is 26.3. The SMILES string of the molecule is CCCCC(CC)COc1ccc(-c2cc(-c3ccc(OCC(CC)CCCC)cc3)cc(-c3ccc(-c4cccc(-c5cc(-c6cc(-c7ccc(OCC(CC)CCCC)cc7)cc(-c7ccc(OCC(CC)CCCC)cc7)c6)cc(-c6cc(-c7ccc(OCC(CC)CCCC)cc7)cc(-c7ccc(OCC(CC)CCCC)cc7)c6)c5)c4)nc3)c2)cc1. The van der Waals surface area contributed by atoms with Crippen molar-refractivity contribution in [2.24, 2.45) is 35.5 Å². The number of ether oxygens (including phenoxy) is 6. The molecule has 7 nitrogen and oxygen atoms in total. The van der Waals surface area contributed by atoms with Gasteiger partial charge < -0.3 is 28.4 Å². The van der Waals surface area contributed by atoms with Crippen molar-refractivity contribution in [1.82, 2.24) is 4.98 Å². The lowest BCUT2D eigenvalue weighted by Crippen LogP contribution is -2.11. The molecule has 0 aliphatic carbocycles. The van der Waals surface area contributed by atoms with Crippen LogP contribution in [-0.2, 0) is 0 Å². The van der Waals surface area contributed by atoms with E-state index in [-0.39, 0.29) is 0 Å². The standard InChI is InChI=1S/C119H145NO6/c1-13-25-32-86(19-7)80-121-113-53-40-92(41-54-113)101-67-102(93-42-55-114(56-43-93)122-81-87(20-8)33-26-14-2)71-108(70-101)100-52-65-119(120-79-100)99-39-31-38-98(66-99)107-76-111(109-72-103(94-44-57-115(58-45-94)123-82-88(21-9)34-27-15-3)68-104(73-109)95-46-59-116(60-47-95)124-83-89(22-10)35-28-16-4)78-112(77-107)110-74-105(96-48-61-117(62-49-96)125-84-90(23-11)36-29-17-5)69-106(75-110)97-50-63-118(64-51-97)126-85-91(24-12)37-30-18-6/h31,38-79,86-91H,13-30,32-37,80-85H2,1-12H3. The van der Waals surface area contributed by atoms with Gasteiger partial charge in [-0.25, -0.2) is 0 Å². The molecular formula is C119H145NO6. The average molecular weight is 1690 g/mol. The molecule has 662 valence electrons. The van der Waals surface area contributed by atoms with E-state index in [1.807, 2.05) is 0 Å². The van der Waals surface area contributed by atoms with Crippen LogP contribution in [0.1, 0.15) is 237 Å². The first kappa shape index (κ1) is 94.5. The molecular weight excluding hydrogens is 1540 g/mol. The van der Waals surface area contributed by atoms with Gasteiger partial charge in [0.1, 0.15) is 34.5 Å². The van der Waals surface area contributed by atoms with Crippen molar-refractivity contribution >= 4 is 0 Å². The summed E-state index contributed by atoms with van der Waals surface area (Å²) in [6, 6.07) is 94.4. The number of pyridine rings is 1. The van der Waals surface area contributed by atoms with E-state index in [0.717, 1.165) is 235 Å². The van der Waals surface area contributed by atoms with Crippen LogP contribution in [-0.4, -0.2) is 44.6 Å². The topological polar surface area (TPSA) is 68.3 Å². The number of nitrogens with zero attached hydrogens (tertiary/aromatic N) is 1. The molecule has 11 aromatic carbocycles. The fourth-order valence-corrected chi connectivity index (χ4v) is 17.2. The minimum Gasteiger partial charge on any atom is -0.493 e. The van der Waals surface area contributed by atoms with Crippen LogP contribution in [0.3, 0.4) is 0 Å². The molecule has 0 aliphatic rings. The van der Waals surface area contributed by atoms with Gasteiger partial charge in [-0.15, -0.1) is 0 Å². The summed E-state index contributed by atoms with van der Waals surface area (Å²) >= 11 is 0. The zero-order chi connectivity index (χ0) is 88.2. The van der Waals surface area contributed by atoms with Gasteiger partial charge in [-0.3, -0.25) is 4.98 Å². The van der Waals surface area contributed by atoms with Crippen LogP contribution in [0.4, 0.5) is 0 Å². The second kappa shape index (κ2) is 50.1. The van der Waals surface area contributed by atoms with Gasteiger partial charge >= 0.3 is 0 Å². The Bertz CT molecular complexity index is 4750. The molecule has 0 N–H and O–H groups in total. The lowest BCUT2D eigenvalue weighted by molar-refractivity contribution is 0.233. The van der Waals surface area contributed by atoms with Crippen LogP contribution >= 0.6 is 0 Å². The smallest absolute Gasteiger partial charge is 0.119 e. The van der Waals surface area contributed by atoms with Crippen LogP contribution in [0.5, 0.6) is 34.5 Å². The molecule has 0 fully saturated rings. The Hall–Kier alpha value is -10.6. The summed E-state index contributed by atoms with van der Waals surface area (Å²) < 4.78 is 39.2. The summed E-state index contributed by atoms with van der Waals surface area (Å²) in [4.78, 5) is 5.38. The minimum absolute atomic E-state index is 0.528. The molecule has 6 unspecified atom stereocenters. The molecule has 0 saturated heterocycles. The number of aromatic nitrogens is 1. The number of hydrogen-bond donors (Lipinski definition) is 0. The zero-order valence-electron chi connectivity index (χ0n) is 78.4. The Morgan fingerprint density at radius 2 is 0.357 bits per heavy atom. The molecule has 0 aliphatic heterocycles. The quantitative estimate of drug-likeness (QED) is 0.0376. The van der Waals surface area contributed by atoms with Crippen LogP contribution < -0.4 is 28.4 Å². The number of rotatable bonds is 53. The van der Waals surface area contributed by atoms with Crippen LogP contribution in [0.2, 0.25) is 0 Å². The zero-order valence-corrected chi connectivity index (χ0v) is 78.4. The van der Waals surface area contributed by atoms with E-state index in [1.165, 1.54) is 116 Å². The fraction of sp³-hybridized carbons (Fsp3) is 0.403. The predicted molar refractivity (Wildman–Crippen MR) is 537 cm³/mol. The van der Waals surface area contributed by atoms with Gasteiger partial charge in [0, 0.05) is 17.3 Å². The van der Waals surface area contributed by atoms with E-state index in [0.29, 0.717) is 35.5 Å². The maximum atomic E-state index is 6.57. The second-order valence-corrected chi connectivity index (χ2v) is 35.7. The molecule has 1 heterocycles. The summed E-state index contributed by atoms with van der Waals surface area (Å²) in [5.41, 5.74) is 24.1. The van der Waals surface area contributed by atoms with Crippen molar-refractivity contribution in [1.29, 1.82) is 0 Å². The fourth-order valence-electron chi connectivity index (χ4n) is 17.2. The Morgan fingerprint density at radius 3 is 0.548 bits per heavy atom. The van der Waals surface area contributed by atoms with Crippen LogP contribution in [0.25, 0.3) is 123 Å². The van der Waals surface area contributed by atoms with Crippen molar-refractivity contribution < 1.29 is 28.4 Å². The third-order valence-electron chi connectivity index (χ3n) is 26.3. The van der Waals surface area contributed by atoms with E-state index in [9.17, 15) is 0 Å². The van der Waals surface area contributed by atoms with Crippen molar-refractivity contribution in [3.8, 4) is 157 Å². The predicted octanol–water partition coefficient (Wildman–Crippen LogP) is 35.0. The maximum absolute atomic E-state index is 6.57. The van der Waals surface area contributed by atoms with Gasteiger partial charge in [0.25, 0.3) is 0 Å². The normalized spacial score (nSPS) is 12.9. The highest BCUT2D eigenvalue weighted by Gasteiger charge is 2.21. The van der Waals surface area contributed by atoms with Crippen molar-refractivity contribution in [2.45, 2.75) is 237 Å². The highest BCUT2D eigenvalue weighted by molar-refractivity contribution is 5.90. The monoisotopic (exact) mass is 1680 g/mol. The Labute approximate surface area is 758 Å². The highest BCUT2D eigenvalue weighted by atomic mass is 16.5. The Balaban J connectivity index is 0.968. The minimum atomic E-state index is 0.528. The number of benzene rings is 11. The van der Waals surface area contributed by atoms with Gasteiger partial charge in [-0.2, -0.15) is 0 Å². The lowest BCUT2D eigenvalue weighted by Gasteiger charge is -2.18. The molecule has 0 spiro atoms. The Kier molecular flexibility index (Phi) is 37.5. The van der Waals surface area contributed by atoms with Gasteiger partial charge in [0.2, 0.25) is 0 Å². The van der Waals surface area contributed by atoms with Crippen molar-refractivity contribution in [3.63, 3.8) is 0 Å². The van der Waals surface area contributed by atoms with E-state index >= 15 is 0 Å². The van der Waals surface area contributed by atoms with E-state index in [4.69, 9.17) is 33.4 Å². The largest absolute Gasteiger partial charge is 0.493 e. The van der Waals surface area contributed by atoms with E-state index in [1.54, 1.807) is 0 Å². The molecule has 0 bridgehead atoms.